The summed E-state index contributed by atoms with van der Waals surface area (Å²) in [6.45, 7) is 1.76. The van der Waals surface area contributed by atoms with E-state index < -0.39 is 24.4 Å². The van der Waals surface area contributed by atoms with Crippen molar-refractivity contribution in [3.8, 4) is 6.07 Å². The molecule has 0 bridgehead atoms. The van der Waals surface area contributed by atoms with E-state index in [1.165, 1.54) is 0 Å². The Labute approximate surface area is 168 Å². The van der Waals surface area contributed by atoms with E-state index in [0.29, 0.717) is 11.3 Å². The fourth-order valence-corrected chi connectivity index (χ4v) is 3.26. The molecule has 2 amide bonds. The van der Waals surface area contributed by atoms with Crippen LogP contribution < -0.4 is 5.32 Å². The van der Waals surface area contributed by atoms with Crippen LogP contribution in [0.25, 0.3) is 0 Å². The first-order chi connectivity index (χ1) is 14.0. The molecule has 0 saturated carbocycles. The summed E-state index contributed by atoms with van der Waals surface area (Å²) < 4.78 is 5.10. The van der Waals surface area contributed by atoms with Gasteiger partial charge in [-0.15, -0.1) is 0 Å². The molecule has 1 N–H and O–H groups in total. The second-order valence-electron chi connectivity index (χ2n) is 6.88. The number of esters is 1. The van der Waals surface area contributed by atoms with Gasteiger partial charge in [-0.25, -0.2) is 0 Å². The summed E-state index contributed by atoms with van der Waals surface area (Å²) in [6, 6.07) is 17.8. The number of nitriles is 1. The molecule has 1 saturated heterocycles. The highest BCUT2D eigenvalue weighted by molar-refractivity contribution is 5.93. The van der Waals surface area contributed by atoms with Crippen molar-refractivity contribution >= 4 is 23.5 Å². The number of anilines is 1. The van der Waals surface area contributed by atoms with Crippen LogP contribution in [0.15, 0.2) is 54.6 Å². The molecule has 0 spiro atoms. The molecule has 0 aliphatic carbocycles. The molecule has 3 rings (SSSR count). The largest absolute Gasteiger partial charge is 0.455 e. The molecule has 2 aromatic rings. The maximum atomic E-state index is 12.4. The van der Waals surface area contributed by atoms with Gasteiger partial charge in [0.2, 0.25) is 5.91 Å². The summed E-state index contributed by atoms with van der Waals surface area (Å²) in [7, 11) is 0. The van der Waals surface area contributed by atoms with Gasteiger partial charge in [0.25, 0.3) is 5.91 Å². The average molecular weight is 391 g/mol. The molecular formula is C22H21N3O4. The quantitative estimate of drug-likeness (QED) is 0.763. The number of hydrogen-bond acceptors (Lipinski definition) is 5. The van der Waals surface area contributed by atoms with Gasteiger partial charge in [0.05, 0.1) is 23.6 Å². The van der Waals surface area contributed by atoms with Crippen molar-refractivity contribution in [2.75, 3.05) is 18.5 Å². The minimum atomic E-state index is -0.587. The van der Waals surface area contributed by atoms with E-state index in [1.807, 2.05) is 43.3 Å². The van der Waals surface area contributed by atoms with Crippen LogP contribution in [0.4, 0.5) is 5.69 Å². The third-order valence-electron chi connectivity index (χ3n) is 4.88. The van der Waals surface area contributed by atoms with E-state index in [-0.39, 0.29) is 24.9 Å². The van der Waals surface area contributed by atoms with Crippen molar-refractivity contribution in [2.45, 2.75) is 19.4 Å². The summed E-state index contributed by atoms with van der Waals surface area (Å²) in [5.41, 5.74) is 1.98. The number of carbonyl (C=O) groups is 3. The third-order valence-corrected chi connectivity index (χ3v) is 4.88. The highest BCUT2D eigenvalue weighted by Gasteiger charge is 2.38. The molecule has 1 fully saturated rings. The van der Waals surface area contributed by atoms with E-state index in [1.54, 1.807) is 29.2 Å². The number of amides is 2. The summed E-state index contributed by atoms with van der Waals surface area (Å²) in [6.07, 6.45) is 0.0766. The Morgan fingerprint density at radius 2 is 1.90 bits per heavy atom. The lowest BCUT2D eigenvalue weighted by molar-refractivity contribution is -0.151. The molecular weight excluding hydrogens is 370 g/mol. The number of nitrogens with one attached hydrogen (secondary N) is 1. The summed E-state index contributed by atoms with van der Waals surface area (Å²) in [4.78, 5) is 38.3. The zero-order valence-electron chi connectivity index (χ0n) is 16.0. The van der Waals surface area contributed by atoms with Crippen LogP contribution in [-0.4, -0.2) is 35.8 Å². The fraction of sp³-hybridized carbons (Fsp3) is 0.273. The van der Waals surface area contributed by atoms with Crippen molar-refractivity contribution in [1.29, 1.82) is 5.26 Å². The Kier molecular flexibility index (Phi) is 6.25. The third kappa shape index (κ3) is 4.99. The van der Waals surface area contributed by atoms with Crippen LogP contribution in [0.3, 0.4) is 0 Å². The molecule has 2 aromatic carbocycles. The molecule has 1 aliphatic heterocycles. The Morgan fingerprint density at radius 3 is 2.55 bits per heavy atom. The lowest BCUT2D eigenvalue weighted by Crippen LogP contribution is -2.30. The van der Waals surface area contributed by atoms with Gasteiger partial charge in [-0.05, 0) is 36.8 Å². The van der Waals surface area contributed by atoms with Gasteiger partial charge >= 0.3 is 5.97 Å². The van der Waals surface area contributed by atoms with Gasteiger partial charge in [0, 0.05) is 18.7 Å². The molecule has 1 aliphatic rings. The first kappa shape index (κ1) is 20.1. The van der Waals surface area contributed by atoms with Gasteiger partial charge in [-0.1, -0.05) is 30.3 Å². The van der Waals surface area contributed by atoms with Crippen LogP contribution in [-0.2, 0) is 19.1 Å². The summed E-state index contributed by atoms with van der Waals surface area (Å²) in [5.74, 6) is -1.74. The lowest BCUT2D eigenvalue weighted by Gasteiger charge is -2.25. The summed E-state index contributed by atoms with van der Waals surface area (Å²) in [5, 5.41) is 11.4. The van der Waals surface area contributed by atoms with Crippen molar-refractivity contribution in [2.24, 2.45) is 5.92 Å². The van der Waals surface area contributed by atoms with Gasteiger partial charge in [-0.3, -0.25) is 14.4 Å². The van der Waals surface area contributed by atoms with Crippen molar-refractivity contribution < 1.29 is 19.1 Å². The Hall–Kier alpha value is -3.66. The SMILES string of the molecule is C[C@H](c1ccccc1)N1C[C@@H](C(=O)OCC(=O)Nc2ccc(C#N)cc2)CC1=O. The first-order valence-corrected chi connectivity index (χ1v) is 9.29. The zero-order chi connectivity index (χ0) is 20.8. The Bertz CT molecular complexity index is 935. The highest BCUT2D eigenvalue weighted by Crippen LogP contribution is 2.29. The van der Waals surface area contributed by atoms with Crippen molar-refractivity contribution in [3.63, 3.8) is 0 Å². The van der Waals surface area contributed by atoms with Crippen LogP contribution in [0.5, 0.6) is 0 Å². The minimum absolute atomic E-state index is 0.0766. The smallest absolute Gasteiger partial charge is 0.311 e. The normalized spacial score (nSPS) is 16.8. The summed E-state index contributed by atoms with van der Waals surface area (Å²) >= 11 is 0. The minimum Gasteiger partial charge on any atom is -0.455 e. The zero-order valence-corrected chi connectivity index (χ0v) is 16.0. The molecule has 0 unspecified atom stereocenters. The van der Waals surface area contributed by atoms with E-state index in [0.717, 1.165) is 5.56 Å². The molecule has 1 heterocycles. The first-order valence-electron chi connectivity index (χ1n) is 9.29. The van der Waals surface area contributed by atoms with Crippen LogP contribution in [0.1, 0.15) is 30.5 Å². The van der Waals surface area contributed by atoms with Gasteiger partial charge in [0.15, 0.2) is 6.61 Å². The number of carbonyl (C=O) groups excluding carboxylic acids is 3. The average Bonchev–Trinajstić information content (AvgIpc) is 3.14. The fourth-order valence-electron chi connectivity index (χ4n) is 3.26. The lowest BCUT2D eigenvalue weighted by atomic mass is 10.1. The maximum Gasteiger partial charge on any atom is 0.311 e. The van der Waals surface area contributed by atoms with E-state index >= 15 is 0 Å². The second kappa shape index (κ2) is 9.02. The number of benzene rings is 2. The van der Waals surface area contributed by atoms with E-state index in [2.05, 4.69) is 5.32 Å². The standard InChI is InChI=1S/C22H21N3O4/c1-15(17-5-3-2-4-6-17)25-13-18(11-21(25)27)22(28)29-14-20(26)24-19-9-7-16(12-23)8-10-19/h2-10,15,18H,11,13-14H2,1H3,(H,24,26)/t15-,18+/m1/s1. The van der Waals surface area contributed by atoms with Crippen molar-refractivity contribution in [1.82, 2.24) is 4.90 Å². The molecule has 2 atom stereocenters. The van der Waals surface area contributed by atoms with E-state index in [9.17, 15) is 14.4 Å². The number of rotatable bonds is 6. The molecule has 148 valence electrons. The van der Waals surface area contributed by atoms with E-state index in [4.69, 9.17) is 10.00 Å². The highest BCUT2D eigenvalue weighted by atomic mass is 16.5. The van der Waals surface area contributed by atoms with Gasteiger partial charge < -0.3 is 15.0 Å². The van der Waals surface area contributed by atoms with Crippen molar-refractivity contribution in [3.05, 3.63) is 65.7 Å². The van der Waals surface area contributed by atoms with Crippen LogP contribution >= 0.6 is 0 Å². The molecule has 29 heavy (non-hydrogen) atoms. The predicted octanol–water partition coefficient (Wildman–Crippen LogP) is 2.65. The Balaban J connectivity index is 1.50. The maximum absolute atomic E-state index is 12.4. The van der Waals surface area contributed by atoms with Crippen LogP contribution in [0.2, 0.25) is 0 Å². The topological polar surface area (TPSA) is 99.5 Å². The number of nitrogens with zero attached hydrogens (tertiary/aromatic N) is 2. The van der Waals surface area contributed by atoms with Crippen LogP contribution in [0, 0.1) is 17.2 Å². The second-order valence-corrected chi connectivity index (χ2v) is 6.88. The van der Waals surface area contributed by atoms with Gasteiger partial charge in [0.1, 0.15) is 0 Å². The number of likely N-dealkylation sites (tertiary alicyclic amines) is 1. The molecule has 0 radical (unpaired) electrons. The van der Waals surface area contributed by atoms with Gasteiger partial charge in [-0.2, -0.15) is 5.26 Å². The molecule has 7 nitrogen and oxygen atoms in total. The predicted molar refractivity (Wildman–Crippen MR) is 105 cm³/mol. The number of hydrogen-bond donors (Lipinski definition) is 1. The molecule has 0 aromatic heterocycles. The Morgan fingerprint density at radius 1 is 1.21 bits per heavy atom. The monoisotopic (exact) mass is 391 g/mol. The molecule has 7 heteroatoms. The number of ether oxygens (including phenoxy) is 1.